The van der Waals surface area contributed by atoms with Crippen LogP contribution in [0.4, 0.5) is 0 Å². The van der Waals surface area contributed by atoms with Crippen molar-refractivity contribution in [1.82, 2.24) is 9.78 Å². The largest absolute Gasteiger partial charge is 0.389 e. The molecule has 0 aliphatic carbocycles. The van der Waals surface area contributed by atoms with Gasteiger partial charge < -0.3 is 5.11 Å². The standard InChI is InChI=1S/C13H15BrN2O2/c1-8(17)12-10-5-4-9(14)6-11(10)16(15-12)7-13(2,3)18/h4-6,18H,7H2,1-3H3. The average molecular weight is 311 g/mol. The molecule has 0 aliphatic rings. The van der Waals surface area contributed by atoms with E-state index in [1.54, 1.807) is 18.5 Å². The predicted octanol–water partition coefficient (Wildman–Crippen LogP) is 2.77. The molecule has 0 saturated carbocycles. The van der Waals surface area contributed by atoms with Crippen molar-refractivity contribution in [2.45, 2.75) is 32.9 Å². The monoisotopic (exact) mass is 310 g/mol. The highest BCUT2D eigenvalue weighted by molar-refractivity contribution is 9.10. The van der Waals surface area contributed by atoms with E-state index in [1.165, 1.54) is 6.92 Å². The van der Waals surface area contributed by atoms with E-state index < -0.39 is 5.60 Å². The third-order valence-corrected chi connectivity index (χ3v) is 3.08. The Kier molecular flexibility index (Phi) is 3.29. The van der Waals surface area contributed by atoms with Crippen molar-refractivity contribution in [3.63, 3.8) is 0 Å². The zero-order chi connectivity index (χ0) is 13.5. The van der Waals surface area contributed by atoms with Crippen molar-refractivity contribution in [3.05, 3.63) is 28.4 Å². The van der Waals surface area contributed by atoms with Crippen molar-refractivity contribution in [2.24, 2.45) is 0 Å². The van der Waals surface area contributed by atoms with Gasteiger partial charge in [-0.1, -0.05) is 15.9 Å². The zero-order valence-electron chi connectivity index (χ0n) is 10.6. The number of benzene rings is 1. The van der Waals surface area contributed by atoms with Crippen LogP contribution in [0.1, 0.15) is 31.3 Å². The van der Waals surface area contributed by atoms with Crippen LogP contribution in [0, 0.1) is 0 Å². The quantitative estimate of drug-likeness (QED) is 0.887. The zero-order valence-corrected chi connectivity index (χ0v) is 12.2. The maximum Gasteiger partial charge on any atom is 0.180 e. The van der Waals surface area contributed by atoms with Gasteiger partial charge in [0.25, 0.3) is 0 Å². The van der Waals surface area contributed by atoms with Gasteiger partial charge in [-0.3, -0.25) is 9.48 Å². The second-order valence-electron chi connectivity index (χ2n) is 5.04. The number of aliphatic hydroxyl groups is 1. The lowest BCUT2D eigenvalue weighted by molar-refractivity contribution is 0.0588. The summed E-state index contributed by atoms with van der Waals surface area (Å²) in [6.45, 7) is 5.27. The van der Waals surface area contributed by atoms with Gasteiger partial charge in [0.05, 0.1) is 17.7 Å². The van der Waals surface area contributed by atoms with Crippen LogP contribution in [0.5, 0.6) is 0 Å². The molecular weight excluding hydrogens is 296 g/mol. The SMILES string of the molecule is CC(=O)c1nn(CC(C)(C)O)c2cc(Br)ccc12. The minimum absolute atomic E-state index is 0.0724. The summed E-state index contributed by atoms with van der Waals surface area (Å²) in [5.74, 6) is -0.0724. The fourth-order valence-electron chi connectivity index (χ4n) is 1.89. The summed E-state index contributed by atoms with van der Waals surface area (Å²) in [7, 11) is 0. The number of carbonyl (C=O) groups is 1. The van der Waals surface area contributed by atoms with Crippen molar-refractivity contribution in [2.75, 3.05) is 0 Å². The van der Waals surface area contributed by atoms with Crippen LogP contribution >= 0.6 is 15.9 Å². The van der Waals surface area contributed by atoms with Gasteiger partial charge in [0.1, 0.15) is 5.69 Å². The summed E-state index contributed by atoms with van der Waals surface area (Å²) >= 11 is 3.40. The molecule has 4 nitrogen and oxygen atoms in total. The van der Waals surface area contributed by atoms with E-state index in [-0.39, 0.29) is 5.78 Å². The van der Waals surface area contributed by atoms with E-state index in [0.717, 1.165) is 15.4 Å². The van der Waals surface area contributed by atoms with Gasteiger partial charge >= 0.3 is 0 Å². The first-order valence-corrected chi connectivity index (χ1v) is 6.46. The van der Waals surface area contributed by atoms with Crippen molar-refractivity contribution >= 4 is 32.6 Å². The van der Waals surface area contributed by atoms with Gasteiger partial charge in [0.15, 0.2) is 5.78 Å². The topological polar surface area (TPSA) is 55.1 Å². The second kappa shape index (κ2) is 4.48. The van der Waals surface area contributed by atoms with Crippen LogP contribution in [0.2, 0.25) is 0 Å². The third kappa shape index (κ3) is 2.62. The first-order chi connectivity index (χ1) is 8.28. The molecule has 0 atom stereocenters. The maximum absolute atomic E-state index is 11.6. The highest BCUT2D eigenvalue weighted by Gasteiger charge is 2.19. The number of hydrogen-bond donors (Lipinski definition) is 1. The summed E-state index contributed by atoms with van der Waals surface area (Å²) < 4.78 is 2.60. The molecule has 1 aromatic heterocycles. The third-order valence-electron chi connectivity index (χ3n) is 2.58. The van der Waals surface area contributed by atoms with E-state index in [1.807, 2.05) is 18.2 Å². The number of ketones is 1. The summed E-state index contributed by atoms with van der Waals surface area (Å²) in [5.41, 5.74) is 0.411. The number of aromatic nitrogens is 2. The fourth-order valence-corrected chi connectivity index (χ4v) is 2.24. The number of nitrogens with zero attached hydrogens (tertiary/aromatic N) is 2. The Balaban J connectivity index is 2.65. The molecular formula is C13H15BrN2O2. The molecule has 2 rings (SSSR count). The predicted molar refractivity (Wildman–Crippen MR) is 73.7 cm³/mol. The number of halogens is 1. The minimum Gasteiger partial charge on any atom is -0.389 e. The Morgan fingerprint density at radius 2 is 2.17 bits per heavy atom. The molecule has 1 aromatic carbocycles. The fraction of sp³-hybridized carbons (Fsp3) is 0.385. The lowest BCUT2D eigenvalue weighted by Gasteiger charge is -2.17. The van der Waals surface area contributed by atoms with Gasteiger partial charge in [-0.2, -0.15) is 5.10 Å². The molecule has 0 amide bonds. The maximum atomic E-state index is 11.6. The van der Waals surface area contributed by atoms with E-state index in [2.05, 4.69) is 21.0 Å². The Morgan fingerprint density at radius 3 is 2.72 bits per heavy atom. The summed E-state index contributed by atoms with van der Waals surface area (Å²) in [4.78, 5) is 11.6. The molecule has 5 heteroatoms. The first kappa shape index (κ1) is 13.2. The van der Waals surface area contributed by atoms with Crippen LogP contribution in [0.15, 0.2) is 22.7 Å². The van der Waals surface area contributed by atoms with Crippen molar-refractivity contribution in [3.8, 4) is 0 Å². The molecule has 0 spiro atoms. The van der Waals surface area contributed by atoms with Crippen molar-refractivity contribution in [1.29, 1.82) is 0 Å². The highest BCUT2D eigenvalue weighted by atomic mass is 79.9. The van der Waals surface area contributed by atoms with Gasteiger partial charge in [-0.15, -0.1) is 0 Å². The molecule has 1 heterocycles. The summed E-state index contributed by atoms with van der Waals surface area (Å²) in [6, 6.07) is 5.65. The normalized spacial score (nSPS) is 12.1. The van der Waals surface area contributed by atoms with Crippen molar-refractivity contribution < 1.29 is 9.90 Å². The number of hydrogen-bond acceptors (Lipinski definition) is 3. The summed E-state index contributed by atoms with van der Waals surface area (Å²) in [5, 5.41) is 15.0. The molecule has 96 valence electrons. The molecule has 0 aliphatic heterocycles. The number of carbonyl (C=O) groups excluding carboxylic acids is 1. The smallest absolute Gasteiger partial charge is 0.180 e. The lowest BCUT2D eigenvalue weighted by atomic mass is 10.1. The molecule has 0 radical (unpaired) electrons. The van der Waals surface area contributed by atoms with Gasteiger partial charge in [-0.25, -0.2) is 0 Å². The Hall–Kier alpha value is -1.20. The van der Waals surface area contributed by atoms with Gasteiger partial charge in [-0.05, 0) is 32.0 Å². The Bertz CT molecular complexity index is 611. The Labute approximate surface area is 114 Å². The number of fused-ring (bicyclic) bond motifs is 1. The second-order valence-corrected chi connectivity index (χ2v) is 5.95. The highest BCUT2D eigenvalue weighted by Crippen LogP contribution is 2.24. The Morgan fingerprint density at radius 1 is 1.50 bits per heavy atom. The minimum atomic E-state index is -0.880. The molecule has 0 bridgehead atoms. The van der Waals surface area contributed by atoms with Crippen LogP contribution in [-0.2, 0) is 6.54 Å². The van der Waals surface area contributed by atoms with Crippen LogP contribution < -0.4 is 0 Å². The van der Waals surface area contributed by atoms with Crippen LogP contribution in [0.3, 0.4) is 0 Å². The molecule has 2 aromatic rings. The van der Waals surface area contributed by atoms with E-state index in [0.29, 0.717) is 12.2 Å². The van der Waals surface area contributed by atoms with Crippen LogP contribution in [-0.4, -0.2) is 26.3 Å². The molecule has 0 fully saturated rings. The molecule has 1 N–H and O–H groups in total. The summed E-state index contributed by atoms with van der Waals surface area (Å²) in [6.07, 6.45) is 0. The van der Waals surface area contributed by atoms with E-state index >= 15 is 0 Å². The molecule has 0 saturated heterocycles. The van der Waals surface area contributed by atoms with Gasteiger partial charge in [0.2, 0.25) is 0 Å². The average Bonchev–Trinajstić information content (AvgIpc) is 2.54. The lowest BCUT2D eigenvalue weighted by Crippen LogP contribution is -2.26. The van der Waals surface area contributed by atoms with Crippen LogP contribution in [0.25, 0.3) is 10.9 Å². The van der Waals surface area contributed by atoms with E-state index in [9.17, 15) is 9.90 Å². The molecule has 0 unspecified atom stereocenters. The number of Topliss-reactive ketones (excluding diaryl/α,β-unsaturated/α-hetero) is 1. The first-order valence-electron chi connectivity index (χ1n) is 5.67. The molecule has 18 heavy (non-hydrogen) atoms. The van der Waals surface area contributed by atoms with Gasteiger partial charge in [0, 0.05) is 16.8 Å². The van der Waals surface area contributed by atoms with E-state index in [4.69, 9.17) is 0 Å². The number of rotatable bonds is 3.